The fourth-order valence-corrected chi connectivity index (χ4v) is 2.63. The number of aromatic nitrogens is 1. The number of rotatable bonds is 7. The Morgan fingerprint density at radius 2 is 2.00 bits per heavy atom. The van der Waals surface area contributed by atoms with Crippen molar-refractivity contribution in [2.75, 3.05) is 25.0 Å². The van der Waals surface area contributed by atoms with Gasteiger partial charge in [0.15, 0.2) is 0 Å². The number of nitrogens with one attached hydrogen (secondary N) is 1. The molecule has 0 aliphatic carbocycles. The van der Waals surface area contributed by atoms with Crippen LogP contribution in [0.5, 0.6) is 0 Å². The molecule has 3 nitrogen and oxygen atoms in total. The van der Waals surface area contributed by atoms with Gasteiger partial charge in [0.1, 0.15) is 5.82 Å². The summed E-state index contributed by atoms with van der Waals surface area (Å²) in [5.74, 6) is 1.05. The molecule has 0 saturated carbocycles. The minimum absolute atomic E-state index is 0.841. The van der Waals surface area contributed by atoms with Crippen LogP contribution in [0, 0.1) is 0 Å². The second kappa shape index (κ2) is 8.15. The zero-order valence-electron chi connectivity index (χ0n) is 12.6. The maximum absolute atomic E-state index is 4.58. The van der Waals surface area contributed by atoms with Crippen molar-refractivity contribution in [3.8, 4) is 0 Å². The predicted octanol–water partition coefficient (Wildman–Crippen LogP) is 3.63. The first kappa shape index (κ1) is 16.0. The molecule has 0 amide bonds. The van der Waals surface area contributed by atoms with Gasteiger partial charge in [-0.25, -0.2) is 4.98 Å². The van der Waals surface area contributed by atoms with Crippen molar-refractivity contribution in [1.82, 2.24) is 10.3 Å². The maximum Gasteiger partial charge on any atom is 0.132 e. The van der Waals surface area contributed by atoms with E-state index >= 15 is 0 Å². The first-order valence-corrected chi connectivity index (χ1v) is 8.10. The predicted molar refractivity (Wildman–Crippen MR) is 92.7 cm³/mol. The summed E-state index contributed by atoms with van der Waals surface area (Å²) >= 11 is 3.50. The number of nitrogens with zero attached hydrogens (tertiary/aromatic N) is 2. The number of likely N-dealkylation sites (N-methyl/N-ethyl adjacent to an activating group) is 1. The van der Waals surface area contributed by atoms with Crippen LogP contribution in [0.3, 0.4) is 0 Å². The van der Waals surface area contributed by atoms with Crippen LogP contribution in [-0.2, 0) is 13.0 Å². The van der Waals surface area contributed by atoms with Gasteiger partial charge >= 0.3 is 0 Å². The van der Waals surface area contributed by atoms with E-state index in [2.05, 4.69) is 81.5 Å². The van der Waals surface area contributed by atoms with E-state index in [9.17, 15) is 0 Å². The zero-order chi connectivity index (χ0) is 15.1. The second-order valence-corrected chi connectivity index (χ2v) is 5.99. The molecule has 1 heterocycles. The molecule has 2 rings (SSSR count). The summed E-state index contributed by atoms with van der Waals surface area (Å²) < 4.78 is 1.02. The lowest BCUT2D eigenvalue weighted by Gasteiger charge is -2.21. The average molecular weight is 348 g/mol. The Morgan fingerprint density at radius 1 is 1.24 bits per heavy atom. The molecule has 0 radical (unpaired) electrons. The summed E-state index contributed by atoms with van der Waals surface area (Å²) in [5.41, 5.74) is 2.58. The topological polar surface area (TPSA) is 28.2 Å². The number of anilines is 1. The Morgan fingerprint density at radius 3 is 2.71 bits per heavy atom. The van der Waals surface area contributed by atoms with Gasteiger partial charge in [-0.3, -0.25) is 0 Å². The van der Waals surface area contributed by atoms with Gasteiger partial charge < -0.3 is 10.2 Å². The van der Waals surface area contributed by atoms with Crippen LogP contribution >= 0.6 is 15.9 Å². The van der Waals surface area contributed by atoms with E-state index in [-0.39, 0.29) is 0 Å². The largest absolute Gasteiger partial charge is 0.359 e. The number of hydrogen-bond donors (Lipinski definition) is 1. The number of halogens is 1. The Bertz CT molecular complexity index is 557. The molecule has 0 unspecified atom stereocenters. The average Bonchev–Trinajstić information content (AvgIpc) is 2.51. The number of hydrogen-bond acceptors (Lipinski definition) is 3. The first-order chi connectivity index (χ1) is 10.2. The monoisotopic (exact) mass is 347 g/mol. The van der Waals surface area contributed by atoms with Crippen molar-refractivity contribution < 1.29 is 0 Å². The SMILES string of the molecule is CCNCc1cc(Br)cnc1N(C)CCc1ccccc1. The highest BCUT2D eigenvalue weighted by molar-refractivity contribution is 9.10. The molecule has 0 saturated heterocycles. The Kier molecular flexibility index (Phi) is 6.21. The molecule has 1 aromatic carbocycles. The molecule has 1 aromatic heterocycles. The molecule has 0 aliphatic heterocycles. The molecule has 0 spiro atoms. The summed E-state index contributed by atoms with van der Waals surface area (Å²) in [7, 11) is 2.11. The molecule has 21 heavy (non-hydrogen) atoms. The Labute approximate surface area is 135 Å². The maximum atomic E-state index is 4.58. The fraction of sp³-hybridized carbons (Fsp3) is 0.353. The third-order valence-electron chi connectivity index (χ3n) is 3.42. The van der Waals surface area contributed by atoms with Gasteiger partial charge in [-0.05, 0) is 40.5 Å². The summed E-state index contributed by atoms with van der Waals surface area (Å²) in [5, 5.41) is 3.37. The Hall–Kier alpha value is -1.39. The molecule has 1 N–H and O–H groups in total. The number of benzene rings is 1. The molecule has 0 aliphatic rings. The minimum atomic E-state index is 0.841. The van der Waals surface area contributed by atoms with Gasteiger partial charge in [0.05, 0.1) is 0 Å². The molecule has 0 atom stereocenters. The highest BCUT2D eigenvalue weighted by Gasteiger charge is 2.09. The molecular weight excluding hydrogens is 326 g/mol. The molecular formula is C17H22BrN3. The van der Waals surface area contributed by atoms with Gasteiger partial charge in [0.2, 0.25) is 0 Å². The quantitative estimate of drug-likeness (QED) is 0.828. The normalized spacial score (nSPS) is 10.6. The van der Waals surface area contributed by atoms with Crippen molar-refractivity contribution in [2.45, 2.75) is 19.9 Å². The van der Waals surface area contributed by atoms with E-state index in [4.69, 9.17) is 0 Å². The van der Waals surface area contributed by atoms with Crippen molar-refractivity contribution in [3.63, 3.8) is 0 Å². The van der Waals surface area contributed by atoms with E-state index in [1.807, 2.05) is 6.20 Å². The van der Waals surface area contributed by atoms with Crippen molar-refractivity contribution in [2.24, 2.45) is 0 Å². The van der Waals surface area contributed by atoms with Crippen LogP contribution < -0.4 is 10.2 Å². The van der Waals surface area contributed by atoms with Gasteiger partial charge in [-0.2, -0.15) is 0 Å². The van der Waals surface area contributed by atoms with E-state index in [0.717, 1.165) is 36.3 Å². The lowest BCUT2D eigenvalue weighted by molar-refractivity contribution is 0.718. The molecule has 4 heteroatoms. The summed E-state index contributed by atoms with van der Waals surface area (Å²) in [6.07, 6.45) is 2.89. The van der Waals surface area contributed by atoms with Crippen molar-refractivity contribution >= 4 is 21.7 Å². The van der Waals surface area contributed by atoms with Gasteiger partial charge in [0, 0.05) is 36.4 Å². The van der Waals surface area contributed by atoms with Crippen LogP contribution in [0.1, 0.15) is 18.1 Å². The summed E-state index contributed by atoms with van der Waals surface area (Å²) in [6.45, 7) is 4.87. The molecule has 2 aromatic rings. The third-order valence-corrected chi connectivity index (χ3v) is 3.85. The second-order valence-electron chi connectivity index (χ2n) is 5.07. The smallest absolute Gasteiger partial charge is 0.132 e. The van der Waals surface area contributed by atoms with Crippen LogP contribution in [-0.4, -0.2) is 25.1 Å². The third kappa shape index (κ3) is 4.83. The minimum Gasteiger partial charge on any atom is -0.359 e. The zero-order valence-corrected chi connectivity index (χ0v) is 14.2. The van der Waals surface area contributed by atoms with Crippen LogP contribution in [0.4, 0.5) is 5.82 Å². The number of pyridine rings is 1. The van der Waals surface area contributed by atoms with E-state index in [1.54, 1.807) is 0 Å². The lowest BCUT2D eigenvalue weighted by atomic mass is 10.1. The molecule has 0 fully saturated rings. The summed E-state index contributed by atoms with van der Waals surface area (Å²) in [6, 6.07) is 12.7. The van der Waals surface area contributed by atoms with E-state index < -0.39 is 0 Å². The first-order valence-electron chi connectivity index (χ1n) is 7.31. The van der Waals surface area contributed by atoms with Gasteiger partial charge in [-0.15, -0.1) is 0 Å². The van der Waals surface area contributed by atoms with Crippen molar-refractivity contribution in [1.29, 1.82) is 0 Å². The van der Waals surface area contributed by atoms with Crippen LogP contribution in [0.15, 0.2) is 47.1 Å². The molecule has 0 bridgehead atoms. The standard InChI is InChI=1S/C17H22BrN3/c1-3-19-12-15-11-16(18)13-20-17(15)21(2)10-9-14-7-5-4-6-8-14/h4-8,11,13,19H,3,9-10,12H2,1-2H3. The molecule has 112 valence electrons. The lowest BCUT2D eigenvalue weighted by Crippen LogP contribution is -2.24. The van der Waals surface area contributed by atoms with Crippen molar-refractivity contribution in [3.05, 3.63) is 58.2 Å². The van der Waals surface area contributed by atoms with E-state index in [1.165, 1.54) is 11.1 Å². The fourth-order valence-electron chi connectivity index (χ4n) is 2.25. The van der Waals surface area contributed by atoms with Crippen LogP contribution in [0.25, 0.3) is 0 Å². The highest BCUT2D eigenvalue weighted by atomic mass is 79.9. The highest BCUT2D eigenvalue weighted by Crippen LogP contribution is 2.21. The summed E-state index contributed by atoms with van der Waals surface area (Å²) in [4.78, 5) is 6.81. The van der Waals surface area contributed by atoms with Gasteiger partial charge in [-0.1, -0.05) is 37.3 Å². The van der Waals surface area contributed by atoms with E-state index in [0.29, 0.717) is 0 Å². The van der Waals surface area contributed by atoms with Gasteiger partial charge in [0.25, 0.3) is 0 Å². The Balaban J connectivity index is 2.05. The van der Waals surface area contributed by atoms with Crippen LogP contribution in [0.2, 0.25) is 0 Å².